The molecule has 2 aromatic rings. The predicted octanol–water partition coefficient (Wildman–Crippen LogP) is 1.89. The van der Waals surface area contributed by atoms with Crippen LogP contribution in [0, 0.1) is 0 Å². The molecule has 1 amide bonds. The van der Waals surface area contributed by atoms with Crippen molar-refractivity contribution in [3.8, 4) is 0 Å². The summed E-state index contributed by atoms with van der Waals surface area (Å²) in [4.78, 5) is 14.8. The van der Waals surface area contributed by atoms with Crippen LogP contribution in [0.1, 0.15) is 24.3 Å². The lowest BCUT2D eigenvalue weighted by atomic mass is 10.2. The minimum Gasteiger partial charge on any atom is -0.397 e. The van der Waals surface area contributed by atoms with Crippen molar-refractivity contribution in [3.05, 3.63) is 30.0 Å². The number of aromatic amines is 1. The van der Waals surface area contributed by atoms with Crippen LogP contribution in [0.4, 0.5) is 5.69 Å². The molecule has 0 saturated heterocycles. The molecule has 0 atom stereocenters. The second-order valence-corrected chi connectivity index (χ2v) is 4.12. The number of anilines is 1. The predicted molar refractivity (Wildman–Crippen MR) is 65.3 cm³/mol. The van der Waals surface area contributed by atoms with Gasteiger partial charge in [-0.2, -0.15) is 0 Å². The number of benzene rings is 1. The van der Waals surface area contributed by atoms with Crippen LogP contribution in [0.2, 0.25) is 0 Å². The number of aromatic nitrogens is 1. The molecule has 84 valence electrons. The van der Waals surface area contributed by atoms with Crippen LogP contribution in [0.3, 0.4) is 0 Å². The summed E-state index contributed by atoms with van der Waals surface area (Å²) in [7, 11) is 0. The molecular weight excluding hydrogens is 202 g/mol. The molecule has 2 rings (SSSR count). The second-order valence-electron chi connectivity index (χ2n) is 4.12. The van der Waals surface area contributed by atoms with E-state index >= 15 is 0 Å². The molecule has 0 saturated carbocycles. The Morgan fingerprint density at radius 2 is 2.19 bits per heavy atom. The van der Waals surface area contributed by atoms with Crippen molar-refractivity contribution in [3.63, 3.8) is 0 Å². The largest absolute Gasteiger partial charge is 0.397 e. The maximum Gasteiger partial charge on any atom is 0.267 e. The number of hydrogen-bond acceptors (Lipinski definition) is 2. The van der Waals surface area contributed by atoms with Gasteiger partial charge in [0.25, 0.3) is 5.91 Å². The number of fused-ring (bicyclic) bond motifs is 1. The minimum absolute atomic E-state index is 0.106. The summed E-state index contributed by atoms with van der Waals surface area (Å²) in [5, 5.41) is 3.78. The van der Waals surface area contributed by atoms with Crippen molar-refractivity contribution in [1.29, 1.82) is 0 Å². The van der Waals surface area contributed by atoms with Gasteiger partial charge in [-0.1, -0.05) is 12.1 Å². The number of carbonyl (C=O) groups excluding carboxylic acids is 1. The molecule has 4 N–H and O–H groups in total. The monoisotopic (exact) mass is 217 g/mol. The molecule has 16 heavy (non-hydrogen) atoms. The number of para-hydroxylation sites is 1. The molecule has 0 aliphatic rings. The van der Waals surface area contributed by atoms with Crippen molar-refractivity contribution in [2.75, 3.05) is 5.73 Å². The highest BCUT2D eigenvalue weighted by Gasteiger charge is 2.10. The van der Waals surface area contributed by atoms with Gasteiger partial charge in [-0.3, -0.25) is 4.79 Å². The summed E-state index contributed by atoms with van der Waals surface area (Å²) < 4.78 is 0. The maximum absolute atomic E-state index is 11.8. The number of nitrogens with two attached hydrogens (primary N) is 1. The fraction of sp³-hybridized carbons (Fsp3) is 0.250. The molecule has 0 bridgehead atoms. The van der Waals surface area contributed by atoms with Crippen molar-refractivity contribution in [2.45, 2.75) is 19.9 Å². The number of H-pyrrole nitrogens is 1. The first-order valence-corrected chi connectivity index (χ1v) is 5.26. The average molecular weight is 217 g/mol. The fourth-order valence-electron chi connectivity index (χ4n) is 1.64. The number of rotatable bonds is 2. The van der Waals surface area contributed by atoms with Crippen LogP contribution in [-0.4, -0.2) is 16.9 Å². The Morgan fingerprint density at radius 1 is 1.44 bits per heavy atom. The molecule has 0 spiro atoms. The summed E-state index contributed by atoms with van der Waals surface area (Å²) >= 11 is 0. The van der Waals surface area contributed by atoms with E-state index in [0.717, 1.165) is 10.9 Å². The van der Waals surface area contributed by atoms with Crippen LogP contribution < -0.4 is 11.1 Å². The van der Waals surface area contributed by atoms with E-state index in [1.165, 1.54) is 0 Å². The quantitative estimate of drug-likeness (QED) is 0.672. The van der Waals surface area contributed by atoms with E-state index in [0.29, 0.717) is 11.4 Å². The number of nitrogens with one attached hydrogen (secondary N) is 2. The fourth-order valence-corrected chi connectivity index (χ4v) is 1.64. The first-order valence-electron chi connectivity index (χ1n) is 5.26. The third-order valence-corrected chi connectivity index (χ3v) is 2.35. The number of amides is 1. The van der Waals surface area contributed by atoms with Gasteiger partial charge in [0.1, 0.15) is 5.69 Å². The molecule has 4 nitrogen and oxygen atoms in total. The van der Waals surface area contributed by atoms with E-state index < -0.39 is 0 Å². The third kappa shape index (κ3) is 1.86. The first-order chi connectivity index (χ1) is 7.58. The summed E-state index contributed by atoms with van der Waals surface area (Å²) in [6.45, 7) is 3.85. The van der Waals surface area contributed by atoms with Crippen molar-refractivity contribution >= 4 is 22.5 Å². The van der Waals surface area contributed by atoms with Gasteiger partial charge in [-0.05, 0) is 26.0 Å². The third-order valence-electron chi connectivity index (χ3n) is 2.35. The van der Waals surface area contributed by atoms with Crippen molar-refractivity contribution in [2.24, 2.45) is 0 Å². The molecule has 4 heteroatoms. The van der Waals surface area contributed by atoms with E-state index in [1.807, 2.05) is 38.1 Å². The van der Waals surface area contributed by atoms with E-state index in [4.69, 9.17) is 5.73 Å². The Labute approximate surface area is 93.8 Å². The Hall–Kier alpha value is -1.97. The topological polar surface area (TPSA) is 70.9 Å². The highest BCUT2D eigenvalue weighted by molar-refractivity contribution is 6.00. The SMILES string of the molecule is CC(C)NC(=O)c1cc2cccc(N)c2[nH]1. The van der Waals surface area contributed by atoms with E-state index in [1.54, 1.807) is 0 Å². The number of hydrogen-bond donors (Lipinski definition) is 3. The zero-order valence-electron chi connectivity index (χ0n) is 9.37. The van der Waals surface area contributed by atoms with Gasteiger partial charge < -0.3 is 16.0 Å². The Balaban J connectivity index is 2.40. The van der Waals surface area contributed by atoms with Gasteiger partial charge in [0.2, 0.25) is 0 Å². The highest BCUT2D eigenvalue weighted by Crippen LogP contribution is 2.20. The van der Waals surface area contributed by atoms with Gasteiger partial charge in [-0.25, -0.2) is 0 Å². The summed E-state index contributed by atoms with van der Waals surface area (Å²) in [5.41, 5.74) is 7.82. The van der Waals surface area contributed by atoms with Gasteiger partial charge >= 0.3 is 0 Å². The standard InChI is InChI=1S/C12H15N3O/c1-7(2)14-12(16)10-6-8-4-3-5-9(13)11(8)15-10/h3-7,15H,13H2,1-2H3,(H,14,16). The van der Waals surface area contributed by atoms with E-state index in [2.05, 4.69) is 10.3 Å². The van der Waals surface area contributed by atoms with E-state index in [9.17, 15) is 4.79 Å². The Kier molecular flexibility index (Phi) is 2.56. The molecule has 0 radical (unpaired) electrons. The van der Waals surface area contributed by atoms with Gasteiger partial charge in [0, 0.05) is 11.4 Å². The lowest BCUT2D eigenvalue weighted by Crippen LogP contribution is -2.30. The van der Waals surface area contributed by atoms with Crippen LogP contribution in [0.25, 0.3) is 10.9 Å². The van der Waals surface area contributed by atoms with Crippen molar-refractivity contribution in [1.82, 2.24) is 10.3 Å². The molecule has 0 aliphatic carbocycles. The summed E-state index contributed by atoms with van der Waals surface area (Å²) in [6, 6.07) is 7.53. The molecule has 1 heterocycles. The zero-order chi connectivity index (χ0) is 11.7. The molecule has 0 unspecified atom stereocenters. The lowest BCUT2D eigenvalue weighted by Gasteiger charge is -2.05. The second kappa shape index (κ2) is 3.89. The van der Waals surface area contributed by atoms with E-state index in [-0.39, 0.29) is 11.9 Å². The molecule has 1 aromatic carbocycles. The smallest absolute Gasteiger partial charge is 0.267 e. The van der Waals surface area contributed by atoms with Gasteiger partial charge in [0.15, 0.2) is 0 Å². The van der Waals surface area contributed by atoms with Gasteiger partial charge in [0.05, 0.1) is 11.2 Å². The lowest BCUT2D eigenvalue weighted by molar-refractivity contribution is 0.0939. The van der Waals surface area contributed by atoms with Crippen LogP contribution >= 0.6 is 0 Å². The van der Waals surface area contributed by atoms with Crippen molar-refractivity contribution < 1.29 is 4.79 Å². The number of nitrogen functional groups attached to an aromatic ring is 1. The molecule has 0 fully saturated rings. The highest BCUT2D eigenvalue weighted by atomic mass is 16.1. The van der Waals surface area contributed by atoms with Gasteiger partial charge in [-0.15, -0.1) is 0 Å². The maximum atomic E-state index is 11.8. The molecule has 0 aliphatic heterocycles. The first kappa shape index (κ1) is 10.5. The zero-order valence-corrected chi connectivity index (χ0v) is 9.37. The van der Waals surface area contributed by atoms with Crippen LogP contribution in [0.5, 0.6) is 0 Å². The summed E-state index contributed by atoms with van der Waals surface area (Å²) in [6.07, 6.45) is 0. The number of carbonyl (C=O) groups is 1. The Bertz CT molecular complexity index is 528. The Morgan fingerprint density at radius 3 is 2.81 bits per heavy atom. The minimum atomic E-state index is -0.106. The van der Waals surface area contributed by atoms with Crippen LogP contribution in [-0.2, 0) is 0 Å². The summed E-state index contributed by atoms with van der Waals surface area (Å²) in [5.74, 6) is -0.106. The molecule has 1 aromatic heterocycles. The van der Waals surface area contributed by atoms with Crippen LogP contribution in [0.15, 0.2) is 24.3 Å². The average Bonchev–Trinajstić information content (AvgIpc) is 2.61. The molecular formula is C12H15N3O. The normalized spacial score (nSPS) is 10.9.